The Bertz CT molecular complexity index is 1340. The molecule has 1 fully saturated rings. The zero-order valence-corrected chi connectivity index (χ0v) is 18.8. The second-order valence-corrected chi connectivity index (χ2v) is 8.76. The Morgan fingerprint density at radius 3 is 2.56 bits per heavy atom. The van der Waals surface area contributed by atoms with Gasteiger partial charge in [-0.25, -0.2) is 0 Å². The Labute approximate surface area is 201 Å². The van der Waals surface area contributed by atoms with Gasteiger partial charge in [-0.15, -0.1) is 10.2 Å². The highest BCUT2D eigenvalue weighted by atomic mass is 16.1. The minimum atomic E-state index is -1.58. The zero-order chi connectivity index (χ0) is 23.9. The van der Waals surface area contributed by atoms with E-state index >= 15 is 0 Å². The molecule has 1 N–H and O–H groups in total. The summed E-state index contributed by atoms with van der Waals surface area (Å²) in [5.74, 6) is 0.0673. The molecule has 164 valence electrons. The monoisotopic (exact) mass is 446 g/mol. The number of rotatable bonds is 5. The summed E-state index contributed by atoms with van der Waals surface area (Å²) < 4.78 is 3.17. The first-order valence-electron chi connectivity index (χ1n) is 11.0. The Morgan fingerprint density at radius 2 is 1.82 bits per heavy atom. The van der Waals surface area contributed by atoms with E-state index in [4.69, 9.17) is 23.5 Å². The van der Waals surface area contributed by atoms with Crippen LogP contribution in [0.5, 0.6) is 0 Å². The van der Waals surface area contributed by atoms with Gasteiger partial charge in [0.05, 0.1) is 53.1 Å². The summed E-state index contributed by atoms with van der Waals surface area (Å²) in [7, 11) is 19.2. The SMILES string of the molecule is [B]C([B])([B])n1cc(-c2ccc3nnc(NC(=O)c4cnn(C5CCN(C)CC5)c4)cc3c2)cn1. The predicted octanol–water partition coefficient (Wildman–Crippen LogP) is 1.28. The Hall–Kier alpha value is -3.40. The van der Waals surface area contributed by atoms with Crippen molar-refractivity contribution in [3.05, 3.63) is 54.6 Å². The molecule has 0 unspecified atom stereocenters. The summed E-state index contributed by atoms with van der Waals surface area (Å²) in [6.45, 7) is 2.04. The van der Waals surface area contributed by atoms with Crippen LogP contribution in [-0.2, 0) is 5.24 Å². The number of carbonyl (C=O) groups excluding carboxylic acids is 1. The minimum absolute atomic E-state index is 0.282. The Morgan fingerprint density at radius 1 is 1.03 bits per heavy atom. The first-order chi connectivity index (χ1) is 16.3. The Balaban J connectivity index is 1.33. The molecule has 6 radical (unpaired) electrons. The molecule has 1 aliphatic heterocycles. The molecule has 0 bridgehead atoms. The smallest absolute Gasteiger partial charge is 0.260 e. The number of nitrogens with zero attached hydrogens (tertiary/aromatic N) is 7. The highest BCUT2D eigenvalue weighted by Gasteiger charge is 2.20. The predicted molar refractivity (Wildman–Crippen MR) is 132 cm³/mol. The van der Waals surface area contributed by atoms with Crippen molar-refractivity contribution in [3.63, 3.8) is 0 Å². The fraction of sp³-hybridized carbons (Fsp3) is 0.318. The van der Waals surface area contributed by atoms with Gasteiger partial charge in [0.15, 0.2) is 5.82 Å². The molecule has 5 rings (SSSR count). The van der Waals surface area contributed by atoms with Crippen LogP contribution in [0.4, 0.5) is 5.82 Å². The molecule has 0 spiro atoms. The average molecular weight is 446 g/mol. The lowest BCUT2D eigenvalue weighted by atomic mass is 9.49. The van der Waals surface area contributed by atoms with Crippen molar-refractivity contribution in [2.75, 3.05) is 25.5 Å². The van der Waals surface area contributed by atoms with Gasteiger partial charge in [0.2, 0.25) is 0 Å². The third-order valence-electron chi connectivity index (χ3n) is 6.07. The van der Waals surface area contributed by atoms with Gasteiger partial charge in [0.1, 0.15) is 0 Å². The molecule has 1 aromatic carbocycles. The van der Waals surface area contributed by atoms with Gasteiger partial charge < -0.3 is 10.2 Å². The third-order valence-corrected chi connectivity index (χ3v) is 6.07. The van der Waals surface area contributed by atoms with Crippen molar-refractivity contribution in [3.8, 4) is 11.1 Å². The largest absolute Gasteiger partial charge is 0.306 e. The number of likely N-dealkylation sites (tertiary alicyclic amines) is 1. The van der Waals surface area contributed by atoms with Gasteiger partial charge in [0, 0.05) is 23.3 Å². The molecular formula is C22H21B3N8O. The first-order valence-corrected chi connectivity index (χ1v) is 11.0. The molecular weight excluding hydrogens is 425 g/mol. The van der Waals surface area contributed by atoms with E-state index < -0.39 is 5.24 Å². The lowest BCUT2D eigenvalue weighted by Gasteiger charge is -2.28. The van der Waals surface area contributed by atoms with Crippen LogP contribution in [0.2, 0.25) is 0 Å². The van der Waals surface area contributed by atoms with Crippen molar-refractivity contribution in [1.82, 2.24) is 34.7 Å². The number of piperidine rings is 1. The highest BCUT2D eigenvalue weighted by Crippen LogP contribution is 2.25. The van der Waals surface area contributed by atoms with Crippen molar-refractivity contribution >= 4 is 46.2 Å². The van der Waals surface area contributed by atoms with E-state index in [-0.39, 0.29) is 5.91 Å². The molecule has 1 saturated heterocycles. The molecule has 0 aliphatic carbocycles. The van der Waals surface area contributed by atoms with Gasteiger partial charge in [-0.1, -0.05) is 6.07 Å². The molecule has 34 heavy (non-hydrogen) atoms. The zero-order valence-electron chi connectivity index (χ0n) is 18.8. The fourth-order valence-corrected chi connectivity index (χ4v) is 4.07. The van der Waals surface area contributed by atoms with Crippen molar-refractivity contribution in [1.29, 1.82) is 0 Å². The van der Waals surface area contributed by atoms with E-state index in [9.17, 15) is 4.79 Å². The number of benzene rings is 1. The molecule has 9 nitrogen and oxygen atoms in total. The summed E-state index contributed by atoms with van der Waals surface area (Å²) in [4.78, 5) is 15.1. The van der Waals surface area contributed by atoms with E-state index in [1.807, 2.05) is 22.9 Å². The van der Waals surface area contributed by atoms with Crippen LogP contribution in [0.1, 0.15) is 29.2 Å². The van der Waals surface area contributed by atoms with Crippen LogP contribution in [0.3, 0.4) is 0 Å². The van der Waals surface area contributed by atoms with Crippen LogP contribution in [0.25, 0.3) is 22.0 Å². The first kappa shape index (κ1) is 22.4. The van der Waals surface area contributed by atoms with Gasteiger partial charge >= 0.3 is 0 Å². The van der Waals surface area contributed by atoms with Gasteiger partial charge in [0.25, 0.3) is 5.91 Å². The molecule has 0 saturated carbocycles. The van der Waals surface area contributed by atoms with Crippen molar-refractivity contribution < 1.29 is 4.79 Å². The van der Waals surface area contributed by atoms with Crippen LogP contribution in [0.15, 0.2) is 49.1 Å². The number of anilines is 1. The molecule has 1 aliphatic rings. The second kappa shape index (κ2) is 8.75. The van der Waals surface area contributed by atoms with Crippen LogP contribution in [-0.4, -0.2) is 84.2 Å². The number of aromatic nitrogens is 6. The van der Waals surface area contributed by atoms with Crippen molar-refractivity contribution in [2.45, 2.75) is 24.1 Å². The maximum atomic E-state index is 12.8. The van der Waals surface area contributed by atoms with Crippen LogP contribution in [0, 0.1) is 0 Å². The lowest BCUT2D eigenvalue weighted by molar-refractivity contribution is 0.102. The maximum Gasteiger partial charge on any atom is 0.260 e. The summed E-state index contributed by atoms with van der Waals surface area (Å²) in [5, 5.41) is 18.9. The standard InChI is InChI=1S/C22H21B3N8O/c1-31-6-4-18(5-7-31)32-12-17(11-26-32)21(34)28-20-9-15-8-14(2-3-19(15)29-30-20)16-10-27-33(13-16)22(23,24)25/h2-3,8-13,18H,4-7H2,1H3,(H,28,30,34). The van der Waals surface area contributed by atoms with Crippen LogP contribution >= 0.6 is 0 Å². The number of amides is 1. The molecule has 3 aromatic heterocycles. The van der Waals surface area contributed by atoms with E-state index in [1.165, 1.54) is 4.68 Å². The normalized spacial score (nSPS) is 15.6. The number of nitrogens with one attached hydrogen (secondary N) is 1. The lowest BCUT2D eigenvalue weighted by Crippen LogP contribution is -2.35. The van der Waals surface area contributed by atoms with E-state index in [2.05, 4.69) is 37.7 Å². The molecule has 4 heterocycles. The van der Waals surface area contributed by atoms with Gasteiger partial charge in [-0.2, -0.15) is 10.2 Å². The highest BCUT2D eigenvalue weighted by molar-refractivity contribution is 6.56. The fourth-order valence-electron chi connectivity index (χ4n) is 4.07. The summed E-state index contributed by atoms with van der Waals surface area (Å²) >= 11 is 0. The maximum absolute atomic E-state index is 12.8. The minimum Gasteiger partial charge on any atom is -0.306 e. The number of carbonyl (C=O) groups is 1. The van der Waals surface area contributed by atoms with Crippen LogP contribution < -0.4 is 5.32 Å². The summed E-state index contributed by atoms with van der Waals surface area (Å²) in [6, 6.07) is 7.73. The van der Waals surface area contributed by atoms with E-state index in [0.29, 0.717) is 22.9 Å². The molecule has 1 amide bonds. The summed E-state index contributed by atoms with van der Waals surface area (Å²) in [5.41, 5.74) is 2.83. The molecule has 0 atom stereocenters. The third kappa shape index (κ3) is 4.63. The topological polar surface area (TPSA) is 93.8 Å². The number of fused-ring (bicyclic) bond motifs is 1. The number of hydrogen-bond acceptors (Lipinski definition) is 6. The quantitative estimate of drug-likeness (QED) is 0.465. The second-order valence-electron chi connectivity index (χ2n) is 8.76. The van der Waals surface area contributed by atoms with Crippen molar-refractivity contribution in [2.24, 2.45) is 0 Å². The van der Waals surface area contributed by atoms with E-state index in [0.717, 1.165) is 42.4 Å². The number of hydrogen-bond donors (Lipinski definition) is 1. The van der Waals surface area contributed by atoms with Gasteiger partial charge in [-0.3, -0.25) is 14.2 Å². The molecule has 12 heteroatoms. The average Bonchev–Trinajstić information content (AvgIpc) is 3.49. The Kier molecular flexibility index (Phi) is 5.77. The van der Waals surface area contributed by atoms with Gasteiger partial charge in [-0.05, 0) is 62.0 Å². The van der Waals surface area contributed by atoms with E-state index in [1.54, 1.807) is 30.9 Å². The molecule has 4 aromatic rings. The summed E-state index contributed by atoms with van der Waals surface area (Å²) in [6.07, 6.45) is 8.70.